The first-order valence-electron chi connectivity index (χ1n) is 6.97. The van der Waals surface area contributed by atoms with E-state index in [2.05, 4.69) is 15.5 Å². The van der Waals surface area contributed by atoms with Crippen molar-refractivity contribution in [3.8, 4) is 0 Å². The Morgan fingerprint density at radius 2 is 1.85 bits per heavy atom. The summed E-state index contributed by atoms with van der Waals surface area (Å²) in [7, 11) is 4.04. The van der Waals surface area contributed by atoms with Crippen molar-refractivity contribution >= 4 is 12.0 Å². The number of likely N-dealkylation sites (N-methyl/N-ethyl adjacent to an activating group) is 1. The Bertz CT molecular complexity index is 341. The molecule has 1 fully saturated rings. The van der Waals surface area contributed by atoms with Crippen molar-refractivity contribution in [3.05, 3.63) is 0 Å². The molecule has 1 aliphatic rings. The number of carboxylic acid groups (broad SMARTS) is 1. The molecule has 1 saturated carbocycles. The van der Waals surface area contributed by atoms with Gasteiger partial charge in [0.2, 0.25) is 0 Å². The maximum absolute atomic E-state index is 11.6. The molecule has 0 saturated heterocycles. The lowest BCUT2D eigenvalue weighted by Gasteiger charge is -2.36. The van der Waals surface area contributed by atoms with Gasteiger partial charge in [0, 0.05) is 25.0 Å². The summed E-state index contributed by atoms with van der Waals surface area (Å²) in [6.45, 7) is 0.710. The van der Waals surface area contributed by atoms with Crippen molar-refractivity contribution < 1.29 is 19.8 Å². The molecule has 20 heavy (non-hydrogen) atoms. The number of aliphatic hydroxyl groups is 1. The number of nitrogens with zero attached hydrogens (tertiary/aromatic N) is 1. The van der Waals surface area contributed by atoms with Gasteiger partial charge in [0.1, 0.15) is 0 Å². The number of carbonyl (C=O) groups excluding carboxylic acids is 1. The topological polar surface area (TPSA) is 102 Å². The van der Waals surface area contributed by atoms with Gasteiger partial charge in [-0.2, -0.15) is 0 Å². The number of carboxylic acids is 1. The molecule has 1 atom stereocenters. The summed E-state index contributed by atoms with van der Waals surface area (Å²) in [5, 5.41) is 23.0. The van der Waals surface area contributed by atoms with Crippen LogP contribution in [0.5, 0.6) is 0 Å². The number of aliphatic carboxylic acids is 1. The molecule has 7 nitrogen and oxygen atoms in total. The van der Waals surface area contributed by atoms with Crippen LogP contribution in [0.4, 0.5) is 4.79 Å². The van der Waals surface area contributed by atoms with E-state index in [0.29, 0.717) is 6.54 Å². The number of rotatable bonds is 7. The minimum Gasteiger partial charge on any atom is -0.479 e. The van der Waals surface area contributed by atoms with Crippen LogP contribution in [0.25, 0.3) is 0 Å². The standard InChI is InChI=1S/C13H25N3O4/c1-16(2)13(6-3-4-7-13)9-15-12(20)14-8-5-10(17)11(18)19/h10,17H,3-9H2,1-2H3,(H,18,19)(H2,14,15,20). The fraction of sp³-hybridized carbons (Fsp3) is 0.846. The molecule has 0 heterocycles. The predicted molar refractivity (Wildman–Crippen MR) is 74.5 cm³/mol. The molecule has 0 radical (unpaired) electrons. The summed E-state index contributed by atoms with van der Waals surface area (Å²) < 4.78 is 0. The number of aliphatic hydroxyl groups excluding tert-OH is 1. The third-order valence-electron chi connectivity index (χ3n) is 4.05. The third-order valence-corrected chi connectivity index (χ3v) is 4.05. The summed E-state index contributed by atoms with van der Waals surface area (Å²) in [6.07, 6.45) is 3.05. The zero-order valence-corrected chi connectivity index (χ0v) is 12.2. The van der Waals surface area contributed by atoms with Crippen LogP contribution < -0.4 is 10.6 Å². The van der Waals surface area contributed by atoms with Crippen LogP contribution in [0, 0.1) is 0 Å². The largest absolute Gasteiger partial charge is 0.479 e. The molecule has 0 aliphatic heterocycles. The molecule has 0 aromatic carbocycles. The highest BCUT2D eigenvalue weighted by molar-refractivity contribution is 5.74. The first-order valence-corrected chi connectivity index (χ1v) is 6.97. The fourth-order valence-electron chi connectivity index (χ4n) is 2.57. The van der Waals surface area contributed by atoms with Crippen molar-refractivity contribution in [1.82, 2.24) is 15.5 Å². The molecular weight excluding hydrogens is 262 g/mol. The Labute approximate surface area is 119 Å². The van der Waals surface area contributed by atoms with E-state index < -0.39 is 12.1 Å². The van der Waals surface area contributed by atoms with Crippen LogP contribution in [0.2, 0.25) is 0 Å². The summed E-state index contributed by atoms with van der Waals surface area (Å²) in [4.78, 5) is 24.2. The normalized spacial score (nSPS) is 18.8. The molecule has 7 heteroatoms. The number of hydrogen-bond acceptors (Lipinski definition) is 4. The number of nitrogens with one attached hydrogen (secondary N) is 2. The predicted octanol–water partition coefficient (Wildman–Crippen LogP) is -0.00440. The van der Waals surface area contributed by atoms with Gasteiger partial charge in [0.25, 0.3) is 0 Å². The van der Waals surface area contributed by atoms with Crippen LogP contribution in [0.15, 0.2) is 0 Å². The Balaban J connectivity index is 2.27. The van der Waals surface area contributed by atoms with Gasteiger partial charge in [0.15, 0.2) is 6.10 Å². The van der Waals surface area contributed by atoms with Crippen molar-refractivity contribution in [2.24, 2.45) is 0 Å². The van der Waals surface area contributed by atoms with E-state index in [0.717, 1.165) is 12.8 Å². The average molecular weight is 287 g/mol. The van der Waals surface area contributed by atoms with Gasteiger partial charge < -0.3 is 25.7 Å². The summed E-state index contributed by atoms with van der Waals surface area (Å²) in [5.74, 6) is -1.27. The Kier molecular flexibility index (Phi) is 6.22. The van der Waals surface area contributed by atoms with E-state index in [9.17, 15) is 9.59 Å². The molecule has 1 unspecified atom stereocenters. The monoisotopic (exact) mass is 287 g/mol. The first-order chi connectivity index (χ1) is 9.37. The highest BCUT2D eigenvalue weighted by Crippen LogP contribution is 2.32. The molecule has 2 amide bonds. The molecule has 1 aliphatic carbocycles. The maximum atomic E-state index is 11.6. The van der Waals surface area contributed by atoms with E-state index in [1.165, 1.54) is 12.8 Å². The number of hydrogen-bond donors (Lipinski definition) is 4. The lowest BCUT2D eigenvalue weighted by molar-refractivity contribution is -0.146. The van der Waals surface area contributed by atoms with Gasteiger partial charge in [0.05, 0.1) is 0 Å². The van der Waals surface area contributed by atoms with Gasteiger partial charge in [-0.3, -0.25) is 0 Å². The van der Waals surface area contributed by atoms with Crippen molar-refractivity contribution in [1.29, 1.82) is 0 Å². The van der Waals surface area contributed by atoms with Crippen LogP contribution in [0.3, 0.4) is 0 Å². The molecule has 0 bridgehead atoms. The van der Waals surface area contributed by atoms with Gasteiger partial charge in [-0.05, 0) is 26.9 Å². The van der Waals surface area contributed by atoms with Crippen molar-refractivity contribution in [2.45, 2.75) is 43.7 Å². The van der Waals surface area contributed by atoms with E-state index in [1.54, 1.807) is 0 Å². The van der Waals surface area contributed by atoms with E-state index in [4.69, 9.17) is 10.2 Å². The molecule has 0 aromatic rings. The lowest BCUT2D eigenvalue weighted by Crippen LogP contribution is -2.52. The molecule has 0 spiro atoms. The quantitative estimate of drug-likeness (QED) is 0.528. The highest BCUT2D eigenvalue weighted by atomic mass is 16.4. The van der Waals surface area contributed by atoms with Gasteiger partial charge in [-0.1, -0.05) is 12.8 Å². The zero-order valence-electron chi connectivity index (χ0n) is 12.2. The number of urea groups is 1. The average Bonchev–Trinajstić information content (AvgIpc) is 2.86. The maximum Gasteiger partial charge on any atom is 0.332 e. The molecule has 1 rings (SSSR count). The summed E-state index contributed by atoms with van der Waals surface area (Å²) >= 11 is 0. The second-order valence-corrected chi connectivity index (χ2v) is 5.58. The molecule has 116 valence electrons. The number of carbonyl (C=O) groups is 2. The Hall–Kier alpha value is -1.34. The van der Waals surface area contributed by atoms with E-state index in [-0.39, 0.29) is 24.5 Å². The minimum atomic E-state index is -1.43. The van der Waals surface area contributed by atoms with E-state index >= 15 is 0 Å². The van der Waals surface area contributed by atoms with Crippen molar-refractivity contribution in [2.75, 3.05) is 27.2 Å². The second kappa shape index (κ2) is 7.44. The Morgan fingerprint density at radius 1 is 1.25 bits per heavy atom. The summed E-state index contributed by atoms with van der Waals surface area (Å²) in [5.41, 5.74) is 0.0257. The minimum absolute atomic E-state index is 0.00156. The van der Waals surface area contributed by atoms with Gasteiger partial charge in [-0.25, -0.2) is 9.59 Å². The fourth-order valence-corrected chi connectivity index (χ4v) is 2.57. The second-order valence-electron chi connectivity index (χ2n) is 5.58. The van der Waals surface area contributed by atoms with Crippen LogP contribution in [0.1, 0.15) is 32.1 Å². The van der Waals surface area contributed by atoms with Crippen molar-refractivity contribution in [3.63, 3.8) is 0 Å². The first kappa shape index (κ1) is 16.7. The Morgan fingerprint density at radius 3 is 2.35 bits per heavy atom. The molecule has 4 N–H and O–H groups in total. The van der Waals surface area contributed by atoms with Gasteiger partial charge >= 0.3 is 12.0 Å². The lowest BCUT2D eigenvalue weighted by atomic mass is 9.96. The highest BCUT2D eigenvalue weighted by Gasteiger charge is 2.36. The summed E-state index contributed by atoms with van der Waals surface area (Å²) in [6, 6.07) is -0.323. The SMILES string of the molecule is CN(C)C1(CNC(=O)NCCC(O)C(=O)O)CCCC1. The molecular formula is C13H25N3O4. The van der Waals surface area contributed by atoms with Crippen LogP contribution in [-0.2, 0) is 4.79 Å². The molecule has 0 aromatic heterocycles. The van der Waals surface area contributed by atoms with E-state index in [1.807, 2.05) is 14.1 Å². The zero-order chi connectivity index (χ0) is 15.2. The van der Waals surface area contributed by atoms with Crippen LogP contribution in [-0.4, -0.2) is 65.9 Å². The smallest absolute Gasteiger partial charge is 0.332 e. The third kappa shape index (κ3) is 4.64. The van der Waals surface area contributed by atoms with Crippen LogP contribution >= 0.6 is 0 Å². The number of amides is 2. The van der Waals surface area contributed by atoms with Gasteiger partial charge in [-0.15, -0.1) is 0 Å².